The Morgan fingerprint density at radius 1 is 0.759 bits per heavy atom. The number of nitrogens with zero attached hydrogens (tertiary/aromatic N) is 4. The molecule has 2 unspecified atom stereocenters. The molecule has 2 fully saturated rings. The highest BCUT2D eigenvalue weighted by molar-refractivity contribution is 5.86. The molecule has 2 saturated heterocycles. The number of aliphatic hydroxyl groups excluding tert-OH is 1. The Morgan fingerprint density at radius 3 is 1.85 bits per heavy atom. The number of carbonyl (C=O) groups excluding carboxylic acids is 3. The van der Waals surface area contributed by atoms with Gasteiger partial charge in [0.25, 0.3) is 0 Å². The van der Waals surface area contributed by atoms with Gasteiger partial charge in [-0.25, -0.2) is 19.6 Å². The molecule has 2 aromatic carbocycles. The molecular formula is C40H52N8O6. The number of hydrogen-bond acceptors (Lipinski definition) is 9. The SMILES string of the molecule is COC(=O)N[C@@H](C(C)C)C(O)N1CCC(c2ncc(-c3ccc(-c4ccc(-c5cnc([C@@H]6CCCN6C(=O)[C@@H](NC(=O)OC)C(C)C)[nH]5)cc4)cc3)[nH]2)C1. The van der Waals surface area contributed by atoms with Crippen LogP contribution in [0.15, 0.2) is 60.9 Å². The minimum atomic E-state index is -0.830. The summed E-state index contributed by atoms with van der Waals surface area (Å²) in [6.07, 6.45) is 4.14. The zero-order valence-corrected chi connectivity index (χ0v) is 31.8. The van der Waals surface area contributed by atoms with E-state index in [1.165, 1.54) is 14.2 Å². The topological polar surface area (TPSA) is 178 Å². The van der Waals surface area contributed by atoms with Crippen molar-refractivity contribution >= 4 is 18.1 Å². The third-order valence-corrected chi connectivity index (χ3v) is 10.6. The van der Waals surface area contributed by atoms with Crippen molar-refractivity contribution in [3.63, 3.8) is 0 Å². The number of rotatable bonds is 12. The molecular weight excluding hydrogens is 688 g/mol. The first-order valence-electron chi connectivity index (χ1n) is 18.7. The number of ether oxygens (including phenoxy) is 2. The number of H-pyrrole nitrogens is 2. The van der Waals surface area contributed by atoms with Gasteiger partial charge in [0.2, 0.25) is 5.91 Å². The van der Waals surface area contributed by atoms with Gasteiger partial charge in [-0.05, 0) is 53.4 Å². The van der Waals surface area contributed by atoms with E-state index < -0.39 is 30.5 Å². The Balaban J connectivity index is 1.07. The minimum Gasteiger partial charge on any atom is -0.453 e. The van der Waals surface area contributed by atoms with Gasteiger partial charge in [0.1, 0.15) is 23.9 Å². The van der Waals surface area contributed by atoms with Gasteiger partial charge in [0.05, 0.1) is 50.1 Å². The first kappa shape index (κ1) is 38.5. The average molecular weight is 741 g/mol. The summed E-state index contributed by atoms with van der Waals surface area (Å²) in [5, 5.41) is 16.5. The van der Waals surface area contributed by atoms with Gasteiger partial charge in [-0.15, -0.1) is 0 Å². The molecule has 2 aromatic heterocycles. The summed E-state index contributed by atoms with van der Waals surface area (Å²) in [5.74, 6) is 1.53. The van der Waals surface area contributed by atoms with E-state index in [9.17, 15) is 19.5 Å². The highest BCUT2D eigenvalue weighted by Gasteiger charge is 2.38. The van der Waals surface area contributed by atoms with E-state index >= 15 is 0 Å². The van der Waals surface area contributed by atoms with Gasteiger partial charge in [-0.1, -0.05) is 76.2 Å². The first-order valence-corrected chi connectivity index (χ1v) is 18.7. The summed E-state index contributed by atoms with van der Waals surface area (Å²) in [6, 6.07) is 15.3. The lowest BCUT2D eigenvalue weighted by atomic mass is 10.0. The Bertz CT molecular complexity index is 1890. The smallest absolute Gasteiger partial charge is 0.407 e. The second-order valence-electron chi connectivity index (χ2n) is 14.9. The third kappa shape index (κ3) is 8.44. The predicted octanol–water partition coefficient (Wildman–Crippen LogP) is 5.67. The maximum absolute atomic E-state index is 13.5. The Morgan fingerprint density at radius 2 is 1.30 bits per heavy atom. The highest BCUT2D eigenvalue weighted by Crippen LogP contribution is 2.34. The molecule has 4 heterocycles. The fourth-order valence-corrected chi connectivity index (χ4v) is 7.48. The number of alkyl carbamates (subject to hydrolysis) is 2. The Kier molecular flexibility index (Phi) is 12.0. The Labute approximate surface area is 316 Å². The van der Waals surface area contributed by atoms with E-state index in [2.05, 4.69) is 74.1 Å². The predicted molar refractivity (Wildman–Crippen MR) is 204 cm³/mol. The summed E-state index contributed by atoms with van der Waals surface area (Å²) in [4.78, 5) is 57.4. The third-order valence-electron chi connectivity index (χ3n) is 10.6. The van der Waals surface area contributed by atoms with Gasteiger partial charge in [-0.3, -0.25) is 9.69 Å². The fraction of sp³-hybridized carbons (Fsp3) is 0.475. The van der Waals surface area contributed by atoms with Crippen LogP contribution < -0.4 is 10.6 Å². The molecule has 3 amide bonds. The lowest BCUT2D eigenvalue weighted by Gasteiger charge is -2.33. The molecule has 2 aliphatic rings. The van der Waals surface area contributed by atoms with Crippen molar-refractivity contribution in [3.8, 4) is 33.6 Å². The van der Waals surface area contributed by atoms with Crippen molar-refractivity contribution in [2.75, 3.05) is 33.9 Å². The highest BCUT2D eigenvalue weighted by atomic mass is 16.5. The Hall–Kier alpha value is -5.21. The van der Waals surface area contributed by atoms with Crippen LogP contribution in [0, 0.1) is 11.8 Å². The number of hydrogen-bond donors (Lipinski definition) is 5. The van der Waals surface area contributed by atoms with Crippen LogP contribution in [0.1, 0.15) is 70.6 Å². The zero-order chi connectivity index (χ0) is 38.5. The maximum Gasteiger partial charge on any atom is 0.407 e. The molecule has 2 aliphatic heterocycles. The van der Waals surface area contributed by atoms with Crippen molar-refractivity contribution in [3.05, 3.63) is 72.6 Å². The summed E-state index contributed by atoms with van der Waals surface area (Å²) < 4.78 is 9.51. The lowest BCUT2D eigenvalue weighted by Crippen LogP contribution is -2.53. The number of likely N-dealkylation sites (tertiary alicyclic amines) is 2. The van der Waals surface area contributed by atoms with Gasteiger partial charge in [0, 0.05) is 25.6 Å². The molecule has 0 saturated carbocycles. The van der Waals surface area contributed by atoms with Crippen molar-refractivity contribution in [2.24, 2.45) is 11.8 Å². The normalized spacial score (nSPS) is 19.2. The monoisotopic (exact) mass is 740 g/mol. The van der Waals surface area contributed by atoms with Crippen molar-refractivity contribution in [1.82, 2.24) is 40.4 Å². The first-order chi connectivity index (χ1) is 26.0. The quantitative estimate of drug-likeness (QED) is 0.123. The van der Waals surface area contributed by atoms with Gasteiger partial charge in [-0.2, -0.15) is 0 Å². The zero-order valence-electron chi connectivity index (χ0n) is 31.8. The molecule has 288 valence electrons. The van der Waals surface area contributed by atoms with Crippen LogP contribution in [0.2, 0.25) is 0 Å². The second-order valence-corrected chi connectivity index (χ2v) is 14.9. The van der Waals surface area contributed by atoms with Crippen LogP contribution in [0.5, 0.6) is 0 Å². The van der Waals surface area contributed by atoms with Crippen molar-refractivity contribution in [1.29, 1.82) is 0 Å². The number of imidazole rings is 2. The number of aromatic amines is 2. The van der Waals surface area contributed by atoms with E-state index in [1.54, 1.807) is 6.20 Å². The largest absolute Gasteiger partial charge is 0.453 e. The second kappa shape index (κ2) is 16.9. The molecule has 0 bridgehead atoms. The van der Waals surface area contributed by atoms with Crippen LogP contribution in [0.3, 0.4) is 0 Å². The fourth-order valence-electron chi connectivity index (χ4n) is 7.48. The van der Waals surface area contributed by atoms with Crippen molar-refractivity contribution in [2.45, 2.75) is 77.2 Å². The summed E-state index contributed by atoms with van der Waals surface area (Å²) in [7, 11) is 2.61. The molecule has 5 atom stereocenters. The van der Waals surface area contributed by atoms with Crippen LogP contribution in [-0.2, 0) is 14.3 Å². The minimum absolute atomic E-state index is 0.0235. The molecule has 54 heavy (non-hydrogen) atoms. The summed E-state index contributed by atoms with van der Waals surface area (Å²) >= 11 is 0. The van der Waals surface area contributed by atoms with Gasteiger partial charge in [0.15, 0.2) is 0 Å². The molecule has 0 radical (unpaired) electrons. The molecule has 6 rings (SSSR count). The number of aromatic nitrogens is 4. The van der Waals surface area contributed by atoms with Crippen LogP contribution >= 0.6 is 0 Å². The standard InChI is InChI=1S/C40H52N8O6/c1-23(2)33(45-39(51)53-5)37(49)47-19-17-29(22-47)35-41-20-30(43-35)27-13-9-25(10-14-27)26-11-15-28(16-12-26)31-21-42-36(44-31)32-8-7-18-48(32)38(50)34(24(3)4)46-40(52)54-6/h9-16,20-21,23-24,29,32-34,37,49H,7-8,17-19,22H2,1-6H3,(H,41,43)(H,42,44)(H,45,51)(H,46,52)/t29?,32-,33-,34-,37?/m0/s1. The van der Waals surface area contributed by atoms with E-state index in [0.717, 1.165) is 64.6 Å². The number of amides is 3. The molecule has 14 nitrogen and oxygen atoms in total. The molecule has 14 heteroatoms. The van der Waals surface area contributed by atoms with Crippen LogP contribution in [0.4, 0.5) is 9.59 Å². The average Bonchev–Trinajstić information content (AvgIpc) is 4.02. The summed E-state index contributed by atoms with van der Waals surface area (Å²) in [5.41, 5.74) is 5.96. The lowest BCUT2D eigenvalue weighted by molar-refractivity contribution is -0.135. The van der Waals surface area contributed by atoms with Crippen LogP contribution in [0.25, 0.3) is 33.6 Å². The number of carbonyl (C=O) groups is 3. The molecule has 5 N–H and O–H groups in total. The number of nitrogens with one attached hydrogen (secondary N) is 4. The van der Waals surface area contributed by atoms with E-state index in [1.807, 2.05) is 43.7 Å². The molecule has 0 spiro atoms. The van der Waals surface area contributed by atoms with Gasteiger partial charge < -0.3 is 40.1 Å². The van der Waals surface area contributed by atoms with Crippen LogP contribution in [-0.4, -0.2) is 105 Å². The van der Waals surface area contributed by atoms with Gasteiger partial charge >= 0.3 is 12.2 Å². The molecule has 0 aliphatic carbocycles. The van der Waals surface area contributed by atoms with E-state index in [4.69, 9.17) is 14.5 Å². The maximum atomic E-state index is 13.5. The van der Waals surface area contributed by atoms with E-state index in [-0.39, 0.29) is 29.7 Å². The van der Waals surface area contributed by atoms with Crippen molar-refractivity contribution < 1.29 is 29.0 Å². The summed E-state index contributed by atoms with van der Waals surface area (Å²) in [6.45, 7) is 9.65. The number of benzene rings is 2. The van der Waals surface area contributed by atoms with E-state index in [0.29, 0.717) is 19.6 Å². The molecule has 4 aromatic rings. The number of methoxy groups -OCH3 is 2. The number of aliphatic hydroxyl groups is 1.